The van der Waals surface area contributed by atoms with Gasteiger partial charge in [0.1, 0.15) is 0 Å². The lowest BCUT2D eigenvalue weighted by Gasteiger charge is -2.07. The number of nitro benzene ring substituents is 1. The summed E-state index contributed by atoms with van der Waals surface area (Å²) in [6.07, 6.45) is 0. The summed E-state index contributed by atoms with van der Waals surface area (Å²) in [6, 6.07) is 12.4. The smallest absolute Gasteiger partial charge is 0.273 e. The van der Waals surface area contributed by atoms with Gasteiger partial charge in [0.2, 0.25) is 0 Å². The first kappa shape index (κ1) is 15.0. The molecule has 0 bridgehead atoms. The van der Waals surface area contributed by atoms with Crippen LogP contribution in [0, 0.1) is 10.1 Å². The predicted molar refractivity (Wildman–Crippen MR) is 82.8 cm³/mol. The minimum atomic E-state index is -0.372. The highest BCUT2D eigenvalue weighted by Crippen LogP contribution is 2.23. The monoisotopic (exact) mass is 354 g/mol. The van der Waals surface area contributed by atoms with Gasteiger partial charge in [0, 0.05) is 34.2 Å². The number of nitro groups is 1. The van der Waals surface area contributed by atoms with Crippen molar-refractivity contribution in [3.05, 3.63) is 73.2 Å². The molecule has 2 rings (SSSR count). The molecule has 6 heteroatoms. The number of nitrogens with zero attached hydrogens (tertiary/aromatic N) is 1. The van der Waals surface area contributed by atoms with Crippen LogP contribution in [0.2, 0.25) is 5.02 Å². The van der Waals surface area contributed by atoms with E-state index >= 15 is 0 Å². The molecule has 0 radical (unpaired) electrons. The minimum Gasteiger partial charge on any atom is -0.308 e. The molecule has 104 valence electrons. The van der Waals surface area contributed by atoms with E-state index in [0.29, 0.717) is 23.7 Å². The Balaban J connectivity index is 2.04. The van der Waals surface area contributed by atoms with Crippen molar-refractivity contribution in [2.75, 3.05) is 0 Å². The third-order valence-corrected chi connectivity index (χ3v) is 3.50. The maximum Gasteiger partial charge on any atom is 0.273 e. The molecule has 0 atom stereocenters. The molecule has 0 saturated carbocycles. The fourth-order valence-electron chi connectivity index (χ4n) is 1.86. The van der Waals surface area contributed by atoms with Crippen LogP contribution in [0.15, 0.2) is 46.9 Å². The molecule has 2 aromatic rings. The van der Waals surface area contributed by atoms with Crippen LogP contribution in [-0.2, 0) is 13.1 Å². The second-order valence-corrected chi connectivity index (χ2v) is 5.62. The molecule has 0 fully saturated rings. The molecule has 0 unspecified atom stereocenters. The third-order valence-electron chi connectivity index (χ3n) is 2.77. The summed E-state index contributed by atoms with van der Waals surface area (Å²) in [4.78, 5) is 10.6. The Kier molecular flexibility index (Phi) is 5.11. The normalized spacial score (nSPS) is 10.5. The van der Waals surface area contributed by atoms with E-state index in [9.17, 15) is 10.1 Å². The van der Waals surface area contributed by atoms with Crippen molar-refractivity contribution in [3.63, 3.8) is 0 Å². The van der Waals surface area contributed by atoms with Crippen LogP contribution in [0.3, 0.4) is 0 Å². The molecule has 0 aromatic heterocycles. The molecule has 0 aliphatic carbocycles. The fraction of sp³-hybridized carbons (Fsp3) is 0.143. The molecule has 0 aliphatic rings. The average Bonchev–Trinajstić information content (AvgIpc) is 2.38. The van der Waals surface area contributed by atoms with Gasteiger partial charge in [-0.1, -0.05) is 39.7 Å². The van der Waals surface area contributed by atoms with E-state index in [1.165, 1.54) is 6.07 Å². The molecule has 0 saturated heterocycles. The fourth-order valence-corrected chi connectivity index (χ4v) is 2.48. The van der Waals surface area contributed by atoms with Crippen LogP contribution in [0.4, 0.5) is 5.69 Å². The number of nitrogens with one attached hydrogen (secondary N) is 1. The van der Waals surface area contributed by atoms with Crippen LogP contribution >= 0.6 is 27.5 Å². The first-order chi connectivity index (χ1) is 9.56. The standard InChI is InChI=1S/C14H12BrClN2O2/c15-12-4-5-14(18(19)20)11(7-12)9-17-8-10-2-1-3-13(16)6-10/h1-7,17H,8-9H2. The van der Waals surface area contributed by atoms with Gasteiger partial charge < -0.3 is 5.32 Å². The number of rotatable bonds is 5. The van der Waals surface area contributed by atoms with Gasteiger partial charge in [-0.3, -0.25) is 10.1 Å². The summed E-state index contributed by atoms with van der Waals surface area (Å²) < 4.78 is 0.822. The Hall–Kier alpha value is -1.43. The van der Waals surface area contributed by atoms with Crippen molar-refractivity contribution in [2.24, 2.45) is 0 Å². The van der Waals surface area contributed by atoms with Crippen LogP contribution < -0.4 is 5.32 Å². The molecule has 0 aliphatic heterocycles. The summed E-state index contributed by atoms with van der Waals surface area (Å²) >= 11 is 9.23. The van der Waals surface area contributed by atoms with Crippen LogP contribution in [0.5, 0.6) is 0 Å². The maximum atomic E-state index is 11.0. The highest BCUT2D eigenvalue weighted by molar-refractivity contribution is 9.10. The van der Waals surface area contributed by atoms with Gasteiger partial charge in [0.25, 0.3) is 5.69 Å². The first-order valence-electron chi connectivity index (χ1n) is 5.94. The van der Waals surface area contributed by atoms with Gasteiger partial charge in [-0.05, 0) is 29.8 Å². The zero-order valence-corrected chi connectivity index (χ0v) is 12.8. The average molecular weight is 356 g/mol. The van der Waals surface area contributed by atoms with E-state index in [0.717, 1.165) is 10.0 Å². The second kappa shape index (κ2) is 6.83. The van der Waals surface area contributed by atoms with E-state index in [4.69, 9.17) is 11.6 Å². The molecule has 0 spiro atoms. The van der Waals surface area contributed by atoms with Crippen LogP contribution in [0.1, 0.15) is 11.1 Å². The van der Waals surface area contributed by atoms with Crippen LogP contribution in [0.25, 0.3) is 0 Å². The molecular formula is C14H12BrClN2O2. The van der Waals surface area contributed by atoms with Gasteiger partial charge >= 0.3 is 0 Å². The number of hydrogen-bond donors (Lipinski definition) is 1. The van der Waals surface area contributed by atoms with Crippen molar-refractivity contribution < 1.29 is 4.92 Å². The lowest BCUT2D eigenvalue weighted by atomic mass is 10.1. The highest BCUT2D eigenvalue weighted by atomic mass is 79.9. The number of halogens is 2. The van der Waals surface area contributed by atoms with Crippen molar-refractivity contribution in [3.8, 4) is 0 Å². The van der Waals surface area contributed by atoms with Gasteiger partial charge in [-0.15, -0.1) is 0 Å². The van der Waals surface area contributed by atoms with Gasteiger partial charge in [0.05, 0.1) is 4.92 Å². The first-order valence-corrected chi connectivity index (χ1v) is 7.11. The summed E-state index contributed by atoms with van der Waals surface area (Å²) in [5.74, 6) is 0. The van der Waals surface area contributed by atoms with Gasteiger partial charge in [0.15, 0.2) is 0 Å². The number of hydrogen-bond acceptors (Lipinski definition) is 3. The third kappa shape index (κ3) is 4.03. The van der Waals surface area contributed by atoms with Crippen molar-refractivity contribution >= 4 is 33.2 Å². The van der Waals surface area contributed by atoms with E-state index in [2.05, 4.69) is 21.2 Å². The Labute approximate surface area is 130 Å². The highest BCUT2D eigenvalue weighted by Gasteiger charge is 2.13. The molecular weight excluding hydrogens is 344 g/mol. The SMILES string of the molecule is O=[N+]([O-])c1ccc(Br)cc1CNCc1cccc(Cl)c1. The van der Waals surface area contributed by atoms with Crippen molar-refractivity contribution in [2.45, 2.75) is 13.1 Å². The lowest BCUT2D eigenvalue weighted by Crippen LogP contribution is -2.13. The van der Waals surface area contributed by atoms with Crippen LogP contribution in [-0.4, -0.2) is 4.92 Å². The quantitative estimate of drug-likeness (QED) is 0.642. The molecule has 0 amide bonds. The molecule has 4 nitrogen and oxygen atoms in total. The van der Waals surface area contributed by atoms with E-state index in [1.54, 1.807) is 12.1 Å². The molecule has 20 heavy (non-hydrogen) atoms. The molecule has 2 aromatic carbocycles. The Bertz CT molecular complexity index is 634. The number of benzene rings is 2. The Morgan fingerprint density at radius 3 is 2.70 bits per heavy atom. The molecule has 0 heterocycles. The van der Waals surface area contributed by atoms with Gasteiger partial charge in [-0.25, -0.2) is 0 Å². The summed E-state index contributed by atoms with van der Waals surface area (Å²) in [5.41, 5.74) is 1.80. The summed E-state index contributed by atoms with van der Waals surface area (Å²) in [5, 5.41) is 14.8. The zero-order chi connectivity index (χ0) is 14.5. The van der Waals surface area contributed by atoms with E-state index in [1.807, 2.05) is 24.3 Å². The summed E-state index contributed by atoms with van der Waals surface area (Å²) in [7, 11) is 0. The predicted octanol–water partition coefficient (Wildman–Crippen LogP) is 4.30. The zero-order valence-electron chi connectivity index (χ0n) is 10.5. The van der Waals surface area contributed by atoms with Crippen molar-refractivity contribution in [1.29, 1.82) is 0 Å². The van der Waals surface area contributed by atoms with E-state index < -0.39 is 0 Å². The summed E-state index contributed by atoms with van der Waals surface area (Å²) in [6.45, 7) is 1.02. The largest absolute Gasteiger partial charge is 0.308 e. The van der Waals surface area contributed by atoms with E-state index in [-0.39, 0.29) is 10.6 Å². The Morgan fingerprint density at radius 2 is 2.00 bits per heavy atom. The minimum absolute atomic E-state index is 0.117. The van der Waals surface area contributed by atoms with Gasteiger partial charge in [-0.2, -0.15) is 0 Å². The molecule has 1 N–H and O–H groups in total. The topological polar surface area (TPSA) is 55.2 Å². The van der Waals surface area contributed by atoms with Crippen molar-refractivity contribution in [1.82, 2.24) is 5.32 Å². The lowest BCUT2D eigenvalue weighted by molar-refractivity contribution is -0.385. The Morgan fingerprint density at radius 1 is 1.20 bits per heavy atom. The maximum absolute atomic E-state index is 11.0. The second-order valence-electron chi connectivity index (χ2n) is 4.26.